The number of esters is 1. The van der Waals surface area contributed by atoms with E-state index in [1.807, 2.05) is 59.7 Å². The van der Waals surface area contributed by atoms with E-state index in [4.69, 9.17) is 19.2 Å². The van der Waals surface area contributed by atoms with Gasteiger partial charge in [-0.2, -0.15) is 0 Å². The summed E-state index contributed by atoms with van der Waals surface area (Å²) in [4.78, 5) is 62.8. The third kappa shape index (κ3) is 5.68. The number of cyclic esters (lactones) is 1. The summed E-state index contributed by atoms with van der Waals surface area (Å²) in [5.41, 5.74) is 0.964. The van der Waals surface area contributed by atoms with Crippen LogP contribution in [0.1, 0.15) is 70.2 Å². The molecule has 0 aliphatic carbocycles. The van der Waals surface area contributed by atoms with Crippen LogP contribution < -0.4 is 10.3 Å². The number of aliphatic hydroxyl groups is 1. The van der Waals surface area contributed by atoms with Crippen molar-refractivity contribution in [2.45, 2.75) is 90.9 Å². The molecule has 0 radical (unpaired) electrons. The summed E-state index contributed by atoms with van der Waals surface area (Å²) in [5, 5.41) is 12.0. The number of amides is 2. The molecule has 5 heterocycles. The second kappa shape index (κ2) is 11.9. The predicted molar refractivity (Wildman–Crippen MR) is 177 cm³/mol. The third-order valence-electron chi connectivity index (χ3n) is 9.28. The maximum atomic E-state index is 13.6. The summed E-state index contributed by atoms with van der Waals surface area (Å²) < 4.78 is 18.4. The number of ether oxygens (including phenoxy) is 3. The Labute approximate surface area is 279 Å². The molecule has 1 fully saturated rings. The maximum Gasteiger partial charge on any atom is 0.415 e. The van der Waals surface area contributed by atoms with E-state index in [1.54, 1.807) is 39.5 Å². The van der Waals surface area contributed by atoms with Gasteiger partial charge in [-0.15, -0.1) is 0 Å². The number of aromatic nitrogens is 2. The Kier molecular flexibility index (Phi) is 8.27. The highest BCUT2D eigenvalue weighted by atomic mass is 16.6. The first kappa shape index (κ1) is 33.4. The number of hydrogen-bond donors (Lipinski definition) is 1. The molecule has 6 rings (SSSR count). The van der Waals surface area contributed by atoms with Crippen molar-refractivity contribution in [3.63, 3.8) is 0 Å². The van der Waals surface area contributed by atoms with E-state index in [0.29, 0.717) is 35.7 Å². The van der Waals surface area contributed by atoms with Crippen molar-refractivity contribution in [3.8, 4) is 17.1 Å². The van der Waals surface area contributed by atoms with Gasteiger partial charge in [0, 0.05) is 41.7 Å². The normalized spacial score (nSPS) is 21.9. The molecule has 2 aromatic heterocycles. The summed E-state index contributed by atoms with van der Waals surface area (Å²) in [6, 6.07) is 6.58. The molecule has 0 unspecified atom stereocenters. The van der Waals surface area contributed by atoms with Crippen LogP contribution in [0.15, 0.2) is 29.1 Å². The summed E-state index contributed by atoms with van der Waals surface area (Å²) in [6.45, 7) is 12.0. The van der Waals surface area contributed by atoms with Crippen molar-refractivity contribution in [1.82, 2.24) is 24.3 Å². The summed E-state index contributed by atoms with van der Waals surface area (Å²) in [5.74, 6) is -0.375. The molecular weight excluding hydrogens is 618 g/mol. The molecule has 3 aromatic rings. The zero-order chi connectivity index (χ0) is 34.9. The predicted octanol–water partition coefficient (Wildman–Crippen LogP) is 3.97. The molecule has 1 N–H and O–H groups in total. The van der Waals surface area contributed by atoms with Crippen molar-refractivity contribution in [2.75, 3.05) is 27.2 Å². The van der Waals surface area contributed by atoms with Crippen molar-refractivity contribution in [1.29, 1.82) is 0 Å². The molecule has 0 saturated carbocycles. The second-order valence-electron chi connectivity index (χ2n) is 14.3. The fraction of sp³-hybridized carbons (Fsp3) is 0.514. The molecule has 3 aliphatic rings. The van der Waals surface area contributed by atoms with E-state index in [9.17, 15) is 24.3 Å². The topological polar surface area (TPSA) is 144 Å². The molecule has 0 spiro atoms. The number of carbonyl (C=O) groups excluding carboxylic acids is 3. The molecule has 13 heteroatoms. The van der Waals surface area contributed by atoms with Crippen LogP contribution in [0.4, 0.5) is 9.59 Å². The van der Waals surface area contributed by atoms with Gasteiger partial charge in [0.2, 0.25) is 0 Å². The monoisotopic (exact) mass is 661 g/mol. The number of nitrogens with zero attached hydrogens (tertiary/aromatic N) is 5. The van der Waals surface area contributed by atoms with Crippen molar-refractivity contribution >= 4 is 29.1 Å². The summed E-state index contributed by atoms with van der Waals surface area (Å²) >= 11 is 0. The lowest BCUT2D eigenvalue weighted by Gasteiger charge is -2.43. The number of pyridine rings is 2. The van der Waals surface area contributed by atoms with E-state index in [2.05, 4.69) is 0 Å². The lowest BCUT2D eigenvalue weighted by atomic mass is 9.86. The second-order valence-corrected chi connectivity index (χ2v) is 14.3. The quantitative estimate of drug-likeness (QED) is 0.319. The highest BCUT2D eigenvalue weighted by molar-refractivity contribution is 5.90. The lowest BCUT2D eigenvalue weighted by molar-refractivity contribution is -0.172. The largest absolute Gasteiger partial charge is 0.458 e. The Hall–Kier alpha value is -4.49. The van der Waals surface area contributed by atoms with Crippen LogP contribution in [0, 0.1) is 0 Å². The number of piperazine rings is 1. The van der Waals surface area contributed by atoms with Gasteiger partial charge in [0.15, 0.2) is 5.60 Å². The highest BCUT2D eigenvalue weighted by Gasteiger charge is 2.45. The molecular formula is C35H43N5O8. The molecule has 13 nitrogen and oxygen atoms in total. The molecule has 48 heavy (non-hydrogen) atoms. The van der Waals surface area contributed by atoms with Crippen LogP contribution in [-0.4, -0.2) is 92.4 Å². The Bertz CT molecular complexity index is 1900. The number of fused-ring (bicyclic) bond motifs is 5. The van der Waals surface area contributed by atoms with Gasteiger partial charge in [0.25, 0.3) is 5.56 Å². The van der Waals surface area contributed by atoms with Gasteiger partial charge in [-0.05, 0) is 79.4 Å². The Balaban J connectivity index is 1.33. The smallest absolute Gasteiger partial charge is 0.415 e. The van der Waals surface area contributed by atoms with Gasteiger partial charge in [0.1, 0.15) is 18.0 Å². The van der Waals surface area contributed by atoms with Crippen molar-refractivity contribution in [2.24, 2.45) is 0 Å². The SMILES string of the molecule is CC[C@@]1(O)C(=O)OCc2c1cc1n(c2=O)Cc2cc3c(CN(C)C)c(OC(=O)N4C[C@@H](C)N(C(=O)OC(C)(C)C)C[C@@H]4C)ccc3nc2-1. The number of carbonyl (C=O) groups is 3. The molecule has 0 bridgehead atoms. The minimum atomic E-state index is -1.91. The van der Waals surface area contributed by atoms with Crippen LogP contribution in [0.2, 0.25) is 0 Å². The van der Waals surface area contributed by atoms with E-state index in [0.717, 1.165) is 16.5 Å². The molecule has 3 atom stereocenters. The third-order valence-corrected chi connectivity index (χ3v) is 9.28. The minimum absolute atomic E-state index is 0.0617. The molecule has 3 aliphatic heterocycles. The van der Waals surface area contributed by atoms with E-state index in [1.165, 1.54) is 0 Å². The fourth-order valence-electron chi connectivity index (χ4n) is 6.77. The minimum Gasteiger partial charge on any atom is -0.458 e. The lowest BCUT2D eigenvalue weighted by Crippen LogP contribution is -2.60. The first-order valence-corrected chi connectivity index (χ1v) is 16.3. The maximum absolute atomic E-state index is 13.6. The average Bonchev–Trinajstić information content (AvgIpc) is 3.37. The van der Waals surface area contributed by atoms with Crippen LogP contribution in [0.5, 0.6) is 5.75 Å². The van der Waals surface area contributed by atoms with Crippen LogP contribution in [0.3, 0.4) is 0 Å². The van der Waals surface area contributed by atoms with Gasteiger partial charge in [-0.3, -0.25) is 4.79 Å². The number of benzene rings is 1. The summed E-state index contributed by atoms with van der Waals surface area (Å²) in [7, 11) is 3.84. The Morgan fingerprint density at radius 2 is 1.75 bits per heavy atom. The van der Waals surface area contributed by atoms with Crippen molar-refractivity contribution < 1.29 is 33.7 Å². The Morgan fingerprint density at radius 3 is 2.38 bits per heavy atom. The number of hydrogen-bond acceptors (Lipinski definition) is 10. The molecule has 1 aromatic carbocycles. The first-order chi connectivity index (χ1) is 22.5. The van der Waals surface area contributed by atoms with Gasteiger partial charge in [-0.25, -0.2) is 19.4 Å². The van der Waals surface area contributed by atoms with E-state index in [-0.39, 0.29) is 54.9 Å². The van der Waals surface area contributed by atoms with Crippen LogP contribution >= 0.6 is 0 Å². The van der Waals surface area contributed by atoms with E-state index >= 15 is 0 Å². The van der Waals surface area contributed by atoms with Gasteiger partial charge in [0.05, 0.1) is 41.1 Å². The van der Waals surface area contributed by atoms with E-state index < -0.39 is 29.4 Å². The summed E-state index contributed by atoms with van der Waals surface area (Å²) in [6.07, 6.45) is -0.867. The zero-order valence-corrected chi connectivity index (χ0v) is 28.7. The molecule has 256 valence electrons. The van der Waals surface area contributed by atoms with Gasteiger partial charge < -0.3 is 38.6 Å². The van der Waals surface area contributed by atoms with Crippen LogP contribution in [-0.2, 0) is 39.6 Å². The Morgan fingerprint density at radius 1 is 1.08 bits per heavy atom. The van der Waals surface area contributed by atoms with Gasteiger partial charge in [-0.1, -0.05) is 6.92 Å². The highest BCUT2D eigenvalue weighted by Crippen LogP contribution is 2.40. The van der Waals surface area contributed by atoms with Crippen molar-refractivity contribution in [3.05, 3.63) is 56.9 Å². The first-order valence-electron chi connectivity index (χ1n) is 16.3. The zero-order valence-electron chi connectivity index (χ0n) is 28.7. The fourth-order valence-corrected chi connectivity index (χ4v) is 6.77. The number of rotatable bonds is 4. The van der Waals surface area contributed by atoms with Crippen LogP contribution in [0.25, 0.3) is 22.3 Å². The molecule has 1 saturated heterocycles. The van der Waals surface area contributed by atoms with Gasteiger partial charge >= 0.3 is 18.2 Å². The molecule has 2 amide bonds. The standard InChI is InChI=1S/C35H43N5O8/c1-9-35(45)25-13-27-29-21(16-40(27)30(41)24(25)18-46-31(35)42)12-22-23(17-37(7)8)28(11-10-26(22)36-29)47-32(43)38-14-20(3)39(15-19(38)2)33(44)48-34(4,5)6/h10-13,19-20,45H,9,14-18H2,1-8H3/t19-,20+,35-/m0/s1. The average molecular weight is 662 g/mol.